The molecule has 2 aromatic rings. The predicted octanol–water partition coefficient (Wildman–Crippen LogP) is 4.66. The summed E-state index contributed by atoms with van der Waals surface area (Å²) in [6.45, 7) is 2.45. The fraction of sp³-hybridized carbons (Fsp3) is 0.133. The molecule has 0 radical (unpaired) electrons. The largest absolute Gasteiger partial charge is 0.307 e. The van der Waals surface area contributed by atoms with Crippen LogP contribution in [0.3, 0.4) is 0 Å². The van der Waals surface area contributed by atoms with Gasteiger partial charge in [-0.15, -0.1) is 0 Å². The van der Waals surface area contributed by atoms with Crippen LogP contribution in [-0.4, -0.2) is 12.5 Å². The van der Waals surface area contributed by atoms with E-state index in [-0.39, 0.29) is 5.91 Å². The van der Waals surface area contributed by atoms with Gasteiger partial charge < -0.3 is 4.90 Å². The first kappa shape index (κ1) is 13.9. The highest BCUT2D eigenvalue weighted by atomic mass is 35.5. The number of halogens is 2. The summed E-state index contributed by atoms with van der Waals surface area (Å²) in [4.78, 5) is 14.1. The van der Waals surface area contributed by atoms with Gasteiger partial charge in [0.05, 0.1) is 10.7 Å². The van der Waals surface area contributed by atoms with E-state index in [4.69, 9.17) is 23.2 Å². The molecule has 19 heavy (non-hydrogen) atoms. The lowest BCUT2D eigenvalue weighted by atomic mass is 10.2. The van der Waals surface area contributed by atoms with Crippen molar-refractivity contribution in [3.63, 3.8) is 0 Å². The number of carbonyl (C=O) groups is 1. The van der Waals surface area contributed by atoms with Crippen molar-refractivity contribution in [2.24, 2.45) is 0 Å². The standard InChI is InChI=1S/C15H13Cl2NO/c1-2-18(14-9-8-12(16)10-13(14)17)15(19)11-6-4-3-5-7-11/h3-10H,2H2,1H3. The zero-order valence-corrected chi connectivity index (χ0v) is 11.9. The maximum absolute atomic E-state index is 12.4. The van der Waals surface area contributed by atoms with Crippen molar-refractivity contribution >= 4 is 34.8 Å². The third kappa shape index (κ3) is 3.09. The average molecular weight is 294 g/mol. The smallest absolute Gasteiger partial charge is 0.258 e. The quantitative estimate of drug-likeness (QED) is 0.806. The number of benzene rings is 2. The van der Waals surface area contributed by atoms with Crippen molar-refractivity contribution in [3.05, 3.63) is 64.1 Å². The van der Waals surface area contributed by atoms with E-state index in [9.17, 15) is 4.79 Å². The molecule has 0 unspecified atom stereocenters. The number of hydrogen-bond donors (Lipinski definition) is 0. The summed E-state index contributed by atoms with van der Waals surface area (Å²) in [6.07, 6.45) is 0. The molecule has 1 amide bonds. The van der Waals surface area contributed by atoms with Crippen LogP contribution in [0.1, 0.15) is 17.3 Å². The lowest BCUT2D eigenvalue weighted by Gasteiger charge is -2.22. The molecule has 0 atom stereocenters. The molecular weight excluding hydrogens is 281 g/mol. The lowest BCUT2D eigenvalue weighted by molar-refractivity contribution is 0.0988. The Morgan fingerprint density at radius 3 is 2.37 bits per heavy atom. The third-order valence-corrected chi connectivity index (χ3v) is 3.32. The SMILES string of the molecule is CCN(C(=O)c1ccccc1)c1ccc(Cl)cc1Cl. The van der Waals surface area contributed by atoms with Crippen molar-refractivity contribution < 1.29 is 4.79 Å². The van der Waals surface area contributed by atoms with Crippen LogP contribution in [-0.2, 0) is 0 Å². The Kier molecular flexibility index (Phi) is 4.46. The van der Waals surface area contributed by atoms with E-state index in [1.807, 2.05) is 25.1 Å². The normalized spacial score (nSPS) is 10.3. The first-order chi connectivity index (χ1) is 9.13. The maximum atomic E-state index is 12.4. The van der Waals surface area contributed by atoms with E-state index < -0.39 is 0 Å². The van der Waals surface area contributed by atoms with Crippen LogP contribution < -0.4 is 4.90 Å². The summed E-state index contributed by atoms with van der Waals surface area (Å²) in [6, 6.07) is 14.2. The molecule has 0 saturated carbocycles. The Bertz CT molecular complexity index is 584. The molecule has 4 heteroatoms. The molecule has 2 nitrogen and oxygen atoms in total. The Morgan fingerprint density at radius 2 is 1.79 bits per heavy atom. The predicted molar refractivity (Wildman–Crippen MR) is 80.3 cm³/mol. The summed E-state index contributed by atoms with van der Waals surface area (Å²) in [5.74, 6) is -0.0766. The first-order valence-corrected chi connectivity index (χ1v) is 6.71. The fourth-order valence-electron chi connectivity index (χ4n) is 1.86. The van der Waals surface area contributed by atoms with E-state index >= 15 is 0 Å². The molecule has 2 aromatic carbocycles. The summed E-state index contributed by atoms with van der Waals surface area (Å²) in [5, 5.41) is 1.02. The molecule has 0 aliphatic carbocycles. The molecule has 2 rings (SSSR count). The van der Waals surface area contributed by atoms with Gasteiger partial charge in [0.25, 0.3) is 5.91 Å². The fourth-order valence-corrected chi connectivity index (χ4v) is 2.37. The maximum Gasteiger partial charge on any atom is 0.258 e. The topological polar surface area (TPSA) is 20.3 Å². The van der Waals surface area contributed by atoms with Crippen LogP contribution >= 0.6 is 23.2 Å². The van der Waals surface area contributed by atoms with Crippen molar-refractivity contribution in [1.29, 1.82) is 0 Å². The summed E-state index contributed by atoms with van der Waals surface area (Å²) < 4.78 is 0. The Balaban J connectivity index is 2.37. The minimum absolute atomic E-state index is 0.0766. The monoisotopic (exact) mass is 293 g/mol. The van der Waals surface area contributed by atoms with Gasteiger partial charge in [-0.1, -0.05) is 41.4 Å². The molecule has 0 fully saturated rings. The molecule has 0 aliphatic rings. The lowest BCUT2D eigenvalue weighted by Crippen LogP contribution is -2.30. The number of carbonyl (C=O) groups excluding carboxylic acids is 1. The highest BCUT2D eigenvalue weighted by Gasteiger charge is 2.18. The second-order valence-electron chi connectivity index (χ2n) is 4.01. The van der Waals surface area contributed by atoms with Gasteiger partial charge >= 0.3 is 0 Å². The van der Waals surface area contributed by atoms with E-state index in [0.29, 0.717) is 27.8 Å². The molecule has 0 spiro atoms. The van der Waals surface area contributed by atoms with Gasteiger partial charge in [0, 0.05) is 17.1 Å². The zero-order chi connectivity index (χ0) is 13.8. The van der Waals surface area contributed by atoms with Gasteiger partial charge in [-0.3, -0.25) is 4.79 Å². The number of hydrogen-bond acceptors (Lipinski definition) is 1. The second-order valence-corrected chi connectivity index (χ2v) is 4.85. The minimum atomic E-state index is -0.0766. The number of anilines is 1. The van der Waals surface area contributed by atoms with E-state index in [2.05, 4.69) is 0 Å². The Labute approximate surface area is 122 Å². The molecule has 0 aliphatic heterocycles. The molecular formula is C15H13Cl2NO. The van der Waals surface area contributed by atoms with Gasteiger partial charge in [0.2, 0.25) is 0 Å². The van der Waals surface area contributed by atoms with Crippen LogP contribution in [0, 0.1) is 0 Å². The van der Waals surface area contributed by atoms with E-state index in [0.717, 1.165) is 0 Å². The van der Waals surface area contributed by atoms with Crippen LogP contribution in [0.15, 0.2) is 48.5 Å². The molecule has 0 N–H and O–H groups in total. The Morgan fingerprint density at radius 1 is 1.11 bits per heavy atom. The van der Waals surface area contributed by atoms with Crippen molar-refractivity contribution in [2.45, 2.75) is 6.92 Å². The third-order valence-electron chi connectivity index (χ3n) is 2.78. The molecule has 98 valence electrons. The first-order valence-electron chi connectivity index (χ1n) is 5.95. The van der Waals surface area contributed by atoms with Crippen LogP contribution in [0.4, 0.5) is 5.69 Å². The van der Waals surface area contributed by atoms with Gasteiger partial charge in [0.1, 0.15) is 0 Å². The summed E-state index contributed by atoms with van der Waals surface area (Å²) in [7, 11) is 0. The zero-order valence-electron chi connectivity index (χ0n) is 10.4. The minimum Gasteiger partial charge on any atom is -0.307 e. The van der Waals surface area contributed by atoms with Crippen molar-refractivity contribution in [3.8, 4) is 0 Å². The van der Waals surface area contributed by atoms with Crippen LogP contribution in [0.2, 0.25) is 10.0 Å². The summed E-state index contributed by atoms with van der Waals surface area (Å²) in [5.41, 5.74) is 1.30. The highest BCUT2D eigenvalue weighted by molar-refractivity contribution is 6.37. The van der Waals surface area contributed by atoms with E-state index in [1.165, 1.54) is 0 Å². The highest BCUT2D eigenvalue weighted by Crippen LogP contribution is 2.29. The molecule has 0 bridgehead atoms. The molecule has 0 saturated heterocycles. The van der Waals surface area contributed by atoms with Gasteiger partial charge in [0.15, 0.2) is 0 Å². The van der Waals surface area contributed by atoms with Gasteiger partial charge in [-0.05, 0) is 37.3 Å². The molecule has 0 aromatic heterocycles. The van der Waals surface area contributed by atoms with E-state index in [1.54, 1.807) is 35.2 Å². The van der Waals surface area contributed by atoms with Crippen LogP contribution in [0.25, 0.3) is 0 Å². The Hall–Kier alpha value is -1.51. The van der Waals surface area contributed by atoms with Crippen molar-refractivity contribution in [2.75, 3.05) is 11.4 Å². The van der Waals surface area contributed by atoms with Crippen molar-refractivity contribution in [1.82, 2.24) is 0 Å². The van der Waals surface area contributed by atoms with Gasteiger partial charge in [-0.2, -0.15) is 0 Å². The number of nitrogens with zero attached hydrogens (tertiary/aromatic N) is 1. The number of rotatable bonds is 3. The summed E-state index contributed by atoms with van der Waals surface area (Å²) >= 11 is 12.0. The molecule has 0 heterocycles. The number of amides is 1. The second kappa shape index (κ2) is 6.09. The average Bonchev–Trinajstić information content (AvgIpc) is 2.42. The van der Waals surface area contributed by atoms with Crippen LogP contribution in [0.5, 0.6) is 0 Å². The van der Waals surface area contributed by atoms with Gasteiger partial charge in [-0.25, -0.2) is 0 Å².